The quantitative estimate of drug-likeness (QED) is 0.739. The Balaban J connectivity index is 1.88. The smallest absolute Gasteiger partial charge is 0.0740 e. The van der Waals surface area contributed by atoms with Crippen LogP contribution in [-0.2, 0) is 4.74 Å². The van der Waals surface area contributed by atoms with Gasteiger partial charge in [0.05, 0.1) is 11.1 Å². The van der Waals surface area contributed by atoms with Gasteiger partial charge in [-0.3, -0.25) is 4.90 Å². The minimum absolute atomic E-state index is 0.458. The first kappa shape index (κ1) is 13.2. The van der Waals surface area contributed by atoms with Gasteiger partial charge in [0.1, 0.15) is 0 Å². The van der Waals surface area contributed by atoms with Crippen molar-refractivity contribution in [1.29, 1.82) is 0 Å². The summed E-state index contributed by atoms with van der Waals surface area (Å²) in [4.78, 5) is 3.29. The highest BCUT2D eigenvalue weighted by Crippen LogP contribution is 2.34. The Morgan fingerprint density at radius 1 is 1.29 bits per heavy atom. The molecule has 2 aliphatic rings. The van der Waals surface area contributed by atoms with Crippen molar-refractivity contribution in [2.45, 2.75) is 63.1 Å². The zero-order chi connectivity index (χ0) is 12.3. The maximum Gasteiger partial charge on any atom is 0.0740 e. The van der Waals surface area contributed by atoms with E-state index < -0.39 is 0 Å². The van der Waals surface area contributed by atoms with Gasteiger partial charge in [-0.25, -0.2) is 0 Å². The number of methoxy groups -OCH3 is 1. The lowest BCUT2D eigenvalue weighted by atomic mass is 9.91. The summed E-state index contributed by atoms with van der Waals surface area (Å²) in [5.74, 6) is 0. The van der Waals surface area contributed by atoms with Crippen molar-refractivity contribution < 1.29 is 4.74 Å². The number of thiocarbonyl (C=S) groups is 1. The molecule has 2 atom stereocenters. The Bertz CT molecular complexity index is 268. The second-order valence-electron chi connectivity index (χ2n) is 5.36. The average Bonchev–Trinajstić information content (AvgIpc) is 3.14. The van der Waals surface area contributed by atoms with Crippen molar-refractivity contribution in [2.75, 3.05) is 13.7 Å². The van der Waals surface area contributed by atoms with Gasteiger partial charge in [0.25, 0.3) is 0 Å². The fraction of sp³-hybridized carbons (Fsp3) is 0.923. The summed E-state index contributed by atoms with van der Waals surface area (Å²) >= 11 is 4.99. The highest BCUT2D eigenvalue weighted by molar-refractivity contribution is 7.80. The molecule has 0 spiro atoms. The molecule has 0 bridgehead atoms. The standard InChI is InChI=1S/C13H24N2OS/c1-16-12-4-2-3-11(9-12)15(10-5-6-10)8-7-13(14)17/h10-12H,2-9H2,1H3,(H2,14,17). The van der Waals surface area contributed by atoms with Crippen molar-refractivity contribution in [3.63, 3.8) is 0 Å². The topological polar surface area (TPSA) is 38.5 Å². The first-order valence-electron chi connectivity index (χ1n) is 6.77. The molecular weight excluding hydrogens is 232 g/mol. The van der Waals surface area contributed by atoms with Crippen molar-refractivity contribution in [3.8, 4) is 0 Å². The summed E-state index contributed by atoms with van der Waals surface area (Å²) in [5.41, 5.74) is 5.62. The summed E-state index contributed by atoms with van der Waals surface area (Å²) in [7, 11) is 1.84. The molecule has 2 rings (SSSR count). The lowest BCUT2D eigenvalue weighted by molar-refractivity contribution is 0.0262. The van der Waals surface area contributed by atoms with E-state index in [1.807, 2.05) is 7.11 Å². The molecule has 0 aromatic rings. The molecule has 2 fully saturated rings. The van der Waals surface area contributed by atoms with Crippen LogP contribution < -0.4 is 5.73 Å². The number of rotatable bonds is 6. The monoisotopic (exact) mass is 256 g/mol. The van der Waals surface area contributed by atoms with Gasteiger partial charge in [-0.2, -0.15) is 0 Å². The van der Waals surface area contributed by atoms with Gasteiger partial charge < -0.3 is 10.5 Å². The Morgan fingerprint density at radius 2 is 2.06 bits per heavy atom. The Kier molecular flexibility index (Phi) is 4.77. The number of nitrogens with zero attached hydrogens (tertiary/aromatic N) is 1. The van der Waals surface area contributed by atoms with Gasteiger partial charge >= 0.3 is 0 Å². The predicted octanol–water partition coefficient (Wildman–Crippen LogP) is 2.08. The lowest BCUT2D eigenvalue weighted by Crippen LogP contribution is -2.43. The third-order valence-corrected chi connectivity index (χ3v) is 4.24. The molecule has 98 valence electrons. The van der Waals surface area contributed by atoms with Crippen molar-refractivity contribution in [3.05, 3.63) is 0 Å². The first-order chi connectivity index (χ1) is 8.20. The molecule has 2 unspecified atom stereocenters. The summed E-state index contributed by atoms with van der Waals surface area (Å²) < 4.78 is 5.52. The van der Waals surface area contributed by atoms with E-state index in [2.05, 4.69) is 4.90 Å². The molecule has 0 amide bonds. The van der Waals surface area contributed by atoms with E-state index in [0.29, 0.717) is 17.1 Å². The summed E-state index contributed by atoms with van der Waals surface area (Å²) in [6, 6.07) is 1.49. The highest BCUT2D eigenvalue weighted by Gasteiger charge is 2.35. The van der Waals surface area contributed by atoms with E-state index in [-0.39, 0.29) is 0 Å². The van der Waals surface area contributed by atoms with Crippen LogP contribution in [0.3, 0.4) is 0 Å². The maximum atomic E-state index is 5.62. The van der Waals surface area contributed by atoms with Crippen LogP contribution in [0, 0.1) is 0 Å². The normalized spacial score (nSPS) is 29.5. The third kappa shape index (κ3) is 3.90. The van der Waals surface area contributed by atoms with Crippen LogP contribution in [0.25, 0.3) is 0 Å². The van der Waals surface area contributed by atoms with Crippen LogP contribution in [0.15, 0.2) is 0 Å². The van der Waals surface area contributed by atoms with Crippen LogP contribution in [0.4, 0.5) is 0 Å². The molecule has 0 saturated heterocycles. The predicted molar refractivity (Wildman–Crippen MR) is 74.2 cm³/mol. The number of hydrogen-bond donors (Lipinski definition) is 1. The van der Waals surface area contributed by atoms with Crippen LogP contribution in [0.5, 0.6) is 0 Å². The largest absolute Gasteiger partial charge is 0.393 e. The molecule has 0 radical (unpaired) electrons. The molecular formula is C13H24N2OS. The van der Waals surface area contributed by atoms with Gasteiger partial charge in [0, 0.05) is 32.2 Å². The van der Waals surface area contributed by atoms with Gasteiger partial charge in [-0.05, 0) is 38.5 Å². The van der Waals surface area contributed by atoms with Crippen molar-refractivity contribution in [1.82, 2.24) is 4.90 Å². The minimum atomic E-state index is 0.458. The van der Waals surface area contributed by atoms with E-state index in [0.717, 1.165) is 19.0 Å². The van der Waals surface area contributed by atoms with E-state index >= 15 is 0 Å². The molecule has 0 aromatic heterocycles. The van der Waals surface area contributed by atoms with Gasteiger partial charge in [0.2, 0.25) is 0 Å². The molecule has 2 N–H and O–H groups in total. The molecule has 2 aliphatic carbocycles. The van der Waals surface area contributed by atoms with Crippen LogP contribution in [0.1, 0.15) is 44.9 Å². The lowest BCUT2D eigenvalue weighted by Gasteiger charge is -2.37. The fourth-order valence-corrected chi connectivity index (χ4v) is 3.04. The van der Waals surface area contributed by atoms with E-state index in [4.69, 9.17) is 22.7 Å². The second kappa shape index (κ2) is 6.12. The molecule has 3 nitrogen and oxygen atoms in total. The Labute approximate surface area is 110 Å². The zero-order valence-corrected chi connectivity index (χ0v) is 11.5. The Hall–Kier alpha value is -0.190. The summed E-state index contributed by atoms with van der Waals surface area (Å²) in [5, 5.41) is 0. The second-order valence-corrected chi connectivity index (χ2v) is 5.89. The van der Waals surface area contributed by atoms with Crippen LogP contribution in [0.2, 0.25) is 0 Å². The van der Waals surface area contributed by atoms with E-state index in [1.54, 1.807) is 0 Å². The van der Waals surface area contributed by atoms with Gasteiger partial charge in [0.15, 0.2) is 0 Å². The molecule has 4 heteroatoms. The summed E-state index contributed by atoms with van der Waals surface area (Å²) in [6.07, 6.45) is 9.04. The first-order valence-corrected chi connectivity index (χ1v) is 7.18. The molecule has 0 aromatic carbocycles. The molecule has 0 aliphatic heterocycles. The number of hydrogen-bond acceptors (Lipinski definition) is 3. The van der Waals surface area contributed by atoms with Gasteiger partial charge in [-0.15, -0.1) is 0 Å². The number of nitrogens with two attached hydrogens (primary N) is 1. The van der Waals surface area contributed by atoms with Crippen LogP contribution in [-0.4, -0.2) is 41.7 Å². The Morgan fingerprint density at radius 3 is 2.65 bits per heavy atom. The molecule has 2 saturated carbocycles. The minimum Gasteiger partial charge on any atom is -0.393 e. The van der Waals surface area contributed by atoms with Crippen LogP contribution >= 0.6 is 12.2 Å². The van der Waals surface area contributed by atoms with Crippen molar-refractivity contribution in [2.24, 2.45) is 5.73 Å². The van der Waals surface area contributed by atoms with Crippen molar-refractivity contribution >= 4 is 17.2 Å². The average molecular weight is 256 g/mol. The van der Waals surface area contributed by atoms with E-state index in [9.17, 15) is 0 Å². The third-order valence-electron chi connectivity index (χ3n) is 4.03. The number of ether oxygens (including phenoxy) is 1. The van der Waals surface area contributed by atoms with E-state index in [1.165, 1.54) is 38.5 Å². The van der Waals surface area contributed by atoms with Gasteiger partial charge in [-0.1, -0.05) is 12.2 Å². The highest BCUT2D eigenvalue weighted by atomic mass is 32.1. The molecule has 17 heavy (non-hydrogen) atoms. The maximum absolute atomic E-state index is 5.62. The zero-order valence-electron chi connectivity index (χ0n) is 10.7. The summed E-state index contributed by atoms with van der Waals surface area (Å²) in [6.45, 7) is 1.04. The fourth-order valence-electron chi connectivity index (χ4n) is 2.94. The SMILES string of the molecule is COC1CCCC(N(CCC(N)=S)C2CC2)C1. The molecule has 0 heterocycles.